The van der Waals surface area contributed by atoms with Gasteiger partial charge in [0.05, 0.1) is 6.04 Å². The largest absolute Gasteiger partial charge is 0.354 e. The van der Waals surface area contributed by atoms with E-state index < -0.39 is 0 Å². The van der Waals surface area contributed by atoms with Gasteiger partial charge in [0.15, 0.2) is 6.29 Å². The van der Waals surface area contributed by atoms with Gasteiger partial charge in [-0.25, -0.2) is 0 Å². The van der Waals surface area contributed by atoms with E-state index in [0.717, 1.165) is 6.54 Å². The molecule has 1 atom stereocenters. The van der Waals surface area contributed by atoms with E-state index in [4.69, 9.17) is 9.47 Å². The van der Waals surface area contributed by atoms with Crippen molar-refractivity contribution in [3.63, 3.8) is 0 Å². The predicted molar refractivity (Wildman–Crippen MR) is 61.8 cm³/mol. The zero-order chi connectivity index (χ0) is 11.3. The second kappa shape index (κ2) is 5.83. The molecule has 0 spiro atoms. The normalized spacial score (nSPS) is 21.4. The predicted octanol–water partition coefficient (Wildman–Crippen LogP) is 2.16. The van der Waals surface area contributed by atoms with E-state index in [-0.39, 0.29) is 12.3 Å². The topological polar surface area (TPSA) is 30.5 Å². The molecule has 0 aromatic heterocycles. The van der Waals surface area contributed by atoms with Crippen molar-refractivity contribution in [2.24, 2.45) is 5.41 Å². The molecule has 0 bridgehead atoms. The molecule has 3 nitrogen and oxygen atoms in total. The van der Waals surface area contributed by atoms with Gasteiger partial charge in [0.1, 0.15) is 0 Å². The molecule has 0 heterocycles. The van der Waals surface area contributed by atoms with Gasteiger partial charge in [-0.1, -0.05) is 13.3 Å². The zero-order valence-corrected chi connectivity index (χ0v) is 10.5. The molecule has 1 aliphatic carbocycles. The van der Waals surface area contributed by atoms with Crippen molar-refractivity contribution < 1.29 is 9.47 Å². The molecule has 1 unspecified atom stereocenters. The summed E-state index contributed by atoms with van der Waals surface area (Å²) in [4.78, 5) is 0. The lowest BCUT2D eigenvalue weighted by Gasteiger charge is -2.42. The average Bonchev–Trinajstić information content (AvgIpc) is 2.19. The summed E-state index contributed by atoms with van der Waals surface area (Å²) in [6, 6.07) is 0.254. The Labute approximate surface area is 93.5 Å². The Morgan fingerprint density at radius 3 is 2.20 bits per heavy atom. The molecule has 0 aromatic carbocycles. The lowest BCUT2D eigenvalue weighted by atomic mass is 9.67. The van der Waals surface area contributed by atoms with Crippen LogP contribution in [0.5, 0.6) is 0 Å². The van der Waals surface area contributed by atoms with E-state index in [9.17, 15) is 0 Å². The molecule has 0 radical (unpaired) electrons. The number of nitrogens with one attached hydrogen (secondary N) is 1. The molecule has 1 rings (SSSR count). The fourth-order valence-corrected chi connectivity index (χ4v) is 2.31. The molecule has 15 heavy (non-hydrogen) atoms. The van der Waals surface area contributed by atoms with Crippen molar-refractivity contribution in [2.75, 3.05) is 20.8 Å². The summed E-state index contributed by atoms with van der Waals surface area (Å²) in [5, 5.41) is 3.53. The maximum atomic E-state index is 5.23. The molecule has 1 N–H and O–H groups in total. The zero-order valence-electron chi connectivity index (χ0n) is 10.5. The third kappa shape index (κ3) is 3.16. The second-order valence-corrected chi connectivity index (χ2v) is 4.72. The van der Waals surface area contributed by atoms with Gasteiger partial charge >= 0.3 is 0 Å². The molecule has 0 aliphatic heterocycles. The minimum atomic E-state index is -0.140. The summed E-state index contributed by atoms with van der Waals surface area (Å²) in [5.41, 5.74) is 0.556. The maximum absolute atomic E-state index is 5.23. The van der Waals surface area contributed by atoms with Crippen LogP contribution in [0.3, 0.4) is 0 Å². The number of hydrogen-bond acceptors (Lipinski definition) is 3. The fraction of sp³-hybridized carbons (Fsp3) is 1.00. The Bertz CT molecular complexity index is 171. The van der Waals surface area contributed by atoms with Crippen molar-refractivity contribution in [1.82, 2.24) is 5.32 Å². The van der Waals surface area contributed by atoms with Gasteiger partial charge in [-0.3, -0.25) is 0 Å². The van der Waals surface area contributed by atoms with E-state index in [1.165, 1.54) is 25.7 Å². The van der Waals surface area contributed by atoms with Gasteiger partial charge in [0.25, 0.3) is 0 Å². The van der Waals surface area contributed by atoms with Crippen LogP contribution >= 0.6 is 0 Å². The van der Waals surface area contributed by atoms with Crippen LogP contribution in [0, 0.1) is 5.41 Å². The van der Waals surface area contributed by atoms with Gasteiger partial charge in [0, 0.05) is 20.8 Å². The highest BCUT2D eigenvalue weighted by Gasteiger charge is 2.35. The van der Waals surface area contributed by atoms with Gasteiger partial charge in [-0.05, 0) is 31.6 Å². The van der Waals surface area contributed by atoms with Gasteiger partial charge < -0.3 is 14.8 Å². The monoisotopic (exact) mass is 215 g/mol. The maximum Gasteiger partial charge on any atom is 0.171 e. The smallest absolute Gasteiger partial charge is 0.171 e. The first-order valence-electron chi connectivity index (χ1n) is 5.96. The highest BCUT2D eigenvalue weighted by molar-refractivity contribution is 4.89. The molecule has 90 valence electrons. The third-order valence-corrected chi connectivity index (χ3v) is 3.84. The molecule has 3 heteroatoms. The van der Waals surface area contributed by atoms with Crippen molar-refractivity contribution >= 4 is 0 Å². The Balaban J connectivity index is 2.29. The van der Waals surface area contributed by atoms with E-state index in [1.807, 2.05) is 0 Å². The number of hydrogen-bond donors (Lipinski definition) is 1. The lowest BCUT2D eigenvalue weighted by Crippen LogP contribution is -2.47. The average molecular weight is 215 g/mol. The molecule has 0 saturated heterocycles. The van der Waals surface area contributed by atoms with Crippen LogP contribution in [0.25, 0.3) is 0 Å². The summed E-state index contributed by atoms with van der Waals surface area (Å²) in [6.07, 6.45) is 5.26. The summed E-state index contributed by atoms with van der Waals surface area (Å²) in [7, 11) is 3.37. The molecule has 0 aromatic rings. The van der Waals surface area contributed by atoms with E-state index >= 15 is 0 Å². The first kappa shape index (κ1) is 12.9. The SMILES string of the molecule is CCC1(CNC(C)C(OC)OC)CCC1. The van der Waals surface area contributed by atoms with Crippen molar-refractivity contribution in [2.45, 2.75) is 51.9 Å². The fourth-order valence-electron chi connectivity index (χ4n) is 2.31. The van der Waals surface area contributed by atoms with E-state index in [0.29, 0.717) is 5.41 Å². The highest BCUT2D eigenvalue weighted by atomic mass is 16.7. The standard InChI is InChI=1S/C12H25NO2/c1-5-12(7-6-8-12)9-13-10(2)11(14-3)15-4/h10-11,13H,5-9H2,1-4H3. The van der Waals surface area contributed by atoms with Gasteiger partial charge in [-0.2, -0.15) is 0 Å². The Morgan fingerprint density at radius 2 is 1.87 bits per heavy atom. The van der Waals surface area contributed by atoms with Crippen LogP contribution in [-0.2, 0) is 9.47 Å². The first-order valence-corrected chi connectivity index (χ1v) is 5.96. The van der Waals surface area contributed by atoms with Crippen LogP contribution in [0.4, 0.5) is 0 Å². The van der Waals surface area contributed by atoms with Crippen molar-refractivity contribution in [1.29, 1.82) is 0 Å². The molecular formula is C12H25NO2. The minimum absolute atomic E-state index is 0.140. The summed E-state index contributed by atoms with van der Waals surface area (Å²) in [6.45, 7) is 5.49. The Morgan fingerprint density at radius 1 is 1.27 bits per heavy atom. The number of methoxy groups -OCH3 is 2. The first-order chi connectivity index (χ1) is 7.17. The molecule has 0 amide bonds. The number of rotatable bonds is 7. The van der Waals surface area contributed by atoms with Crippen molar-refractivity contribution in [3.05, 3.63) is 0 Å². The summed E-state index contributed by atoms with van der Waals surface area (Å²) < 4.78 is 10.5. The molecule has 1 aliphatic rings. The van der Waals surface area contributed by atoms with Crippen molar-refractivity contribution in [3.8, 4) is 0 Å². The second-order valence-electron chi connectivity index (χ2n) is 4.72. The molecule has 1 saturated carbocycles. The van der Waals surface area contributed by atoms with Crippen LogP contribution in [-0.4, -0.2) is 33.1 Å². The minimum Gasteiger partial charge on any atom is -0.354 e. The van der Waals surface area contributed by atoms with Crippen LogP contribution in [0.15, 0.2) is 0 Å². The number of ether oxygens (including phenoxy) is 2. The van der Waals surface area contributed by atoms with Gasteiger partial charge in [-0.15, -0.1) is 0 Å². The van der Waals surface area contributed by atoms with Gasteiger partial charge in [0.2, 0.25) is 0 Å². The van der Waals surface area contributed by atoms with E-state index in [1.54, 1.807) is 14.2 Å². The molecular weight excluding hydrogens is 190 g/mol. The highest BCUT2D eigenvalue weighted by Crippen LogP contribution is 2.43. The summed E-state index contributed by atoms with van der Waals surface area (Å²) >= 11 is 0. The van der Waals surface area contributed by atoms with Crippen LogP contribution in [0.2, 0.25) is 0 Å². The summed E-state index contributed by atoms with van der Waals surface area (Å²) in [5.74, 6) is 0. The van der Waals surface area contributed by atoms with E-state index in [2.05, 4.69) is 19.2 Å². The van der Waals surface area contributed by atoms with Crippen LogP contribution < -0.4 is 5.32 Å². The third-order valence-electron chi connectivity index (χ3n) is 3.84. The lowest BCUT2D eigenvalue weighted by molar-refractivity contribution is -0.121. The Kier molecular flexibility index (Phi) is 5.03. The Hall–Kier alpha value is -0.120. The molecule has 1 fully saturated rings. The van der Waals surface area contributed by atoms with Crippen LogP contribution in [0.1, 0.15) is 39.5 Å². The quantitative estimate of drug-likeness (QED) is 0.660.